The molecule has 2 aromatic carbocycles. The highest BCUT2D eigenvalue weighted by Gasteiger charge is 2.07. The van der Waals surface area contributed by atoms with Gasteiger partial charge in [-0.2, -0.15) is 0 Å². The highest BCUT2D eigenvalue weighted by atomic mass is 32.2. The molecule has 1 aromatic heterocycles. The van der Waals surface area contributed by atoms with Crippen LogP contribution in [0.3, 0.4) is 0 Å². The molecule has 0 unspecified atom stereocenters. The molecule has 0 aliphatic carbocycles. The summed E-state index contributed by atoms with van der Waals surface area (Å²) in [6.45, 7) is 0. The van der Waals surface area contributed by atoms with Crippen LogP contribution in [-0.4, -0.2) is 23.4 Å². The third-order valence-corrected chi connectivity index (χ3v) is 6.10. The van der Waals surface area contributed by atoms with Crippen LogP contribution in [0, 0.1) is 0 Å². The lowest BCUT2D eigenvalue weighted by molar-refractivity contribution is -0.115. The molecule has 23 heavy (non-hydrogen) atoms. The monoisotopic (exact) mass is 360 g/mol. The molecule has 0 saturated heterocycles. The van der Waals surface area contributed by atoms with Crippen LogP contribution in [0.5, 0.6) is 0 Å². The van der Waals surface area contributed by atoms with Crippen molar-refractivity contribution in [2.45, 2.75) is 15.7 Å². The number of hydrogen-bond donors (Lipinski definition) is 1. The molecule has 0 aliphatic heterocycles. The topological polar surface area (TPSA) is 42.0 Å². The Hall–Kier alpha value is -1.50. The predicted octanol–water partition coefficient (Wildman–Crippen LogP) is 4.92. The quantitative estimate of drug-likeness (QED) is 0.656. The van der Waals surface area contributed by atoms with Gasteiger partial charge in [0.15, 0.2) is 4.34 Å². The van der Waals surface area contributed by atoms with E-state index in [0.717, 1.165) is 25.8 Å². The normalized spacial score (nSPS) is 10.9. The summed E-state index contributed by atoms with van der Waals surface area (Å²) in [6.07, 6.45) is 4.44. The van der Waals surface area contributed by atoms with Crippen LogP contribution in [0.1, 0.15) is 5.56 Å². The number of nitrogens with zero attached hydrogens (tertiary/aromatic N) is 1. The number of carbonyl (C=O) groups is 1. The van der Waals surface area contributed by atoms with Gasteiger partial charge in [-0.25, -0.2) is 4.98 Å². The molecule has 0 saturated carbocycles. The lowest BCUT2D eigenvalue weighted by atomic mass is 10.1. The average Bonchev–Trinajstić information content (AvgIpc) is 2.98. The number of thiazole rings is 1. The van der Waals surface area contributed by atoms with Gasteiger partial charge < -0.3 is 5.32 Å². The van der Waals surface area contributed by atoms with Crippen LogP contribution in [-0.2, 0) is 11.2 Å². The number of aromatic nitrogens is 1. The van der Waals surface area contributed by atoms with Gasteiger partial charge in [-0.05, 0) is 48.4 Å². The van der Waals surface area contributed by atoms with Crippen molar-refractivity contribution >= 4 is 56.7 Å². The van der Waals surface area contributed by atoms with Crippen molar-refractivity contribution in [3.8, 4) is 0 Å². The summed E-state index contributed by atoms with van der Waals surface area (Å²) in [5.41, 5.74) is 2.81. The van der Waals surface area contributed by atoms with Gasteiger partial charge in [0.1, 0.15) is 0 Å². The summed E-state index contributed by atoms with van der Waals surface area (Å²) in [4.78, 5) is 17.9. The molecule has 0 spiro atoms. The van der Waals surface area contributed by atoms with Gasteiger partial charge in [-0.1, -0.05) is 23.9 Å². The van der Waals surface area contributed by atoms with Gasteiger partial charge in [0, 0.05) is 10.6 Å². The Labute approximate surface area is 147 Å². The Morgan fingerprint density at radius 3 is 2.61 bits per heavy atom. The number of rotatable bonds is 5. The van der Waals surface area contributed by atoms with Crippen LogP contribution in [0.2, 0.25) is 0 Å². The third-order valence-electron chi connectivity index (χ3n) is 3.35. The average molecular weight is 361 g/mol. The molecule has 118 valence electrons. The molecular weight excluding hydrogens is 344 g/mol. The van der Waals surface area contributed by atoms with E-state index >= 15 is 0 Å². The summed E-state index contributed by atoms with van der Waals surface area (Å²) >= 11 is 4.98. The fourth-order valence-corrected chi connectivity index (χ4v) is 4.14. The van der Waals surface area contributed by atoms with E-state index in [9.17, 15) is 4.79 Å². The molecule has 3 rings (SSSR count). The van der Waals surface area contributed by atoms with Crippen LogP contribution in [0.15, 0.2) is 51.7 Å². The first-order valence-electron chi connectivity index (χ1n) is 7.05. The third kappa shape index (κ3) is 4.07. The van der Waals surface area contributed by atoms with Crippen molar-refractivity contribution in [1.29, 1.82) is 0 Å². The molecule has 0 radical (unpaired) electrons. The molecule has 1 N–H and O–H groups in total. The zero-order chi connectivity index (χ0) is 16.2. The van der Waals surface area contributed by atoms with Crippen molar-refractivity contribution in [2.24, 2.45) is 0 Å². The van der Waals surface area contributed by atoms with Crippen molar-refractivity contribution in [2.75, 3.05) is 17.8 Å². The number of benzene rings is 2. The van der Waals surface area contributed by atoms with E-state index in [0.29, 0.717) is 6.42 Å². The van der Waals surface area contributed by atoms with Gasteiger partial charge in [0.2, 0.25) is 5.91 Å². The van der Waals surface area contributed by atoms with Crippen LogP contribution < -0.4 is 5.32 Å². The van der Waals surface area contributed by atoms with Crippen molar-refractivity contribution in [3.05, 3.63) is 48.0 Å². The Bertz CT molecular complexity index is 827. The first-order valence-corrected chi connectivity index (χ1v) is 10.3. The number of nitrogens with one attached hydrogen (secondary N) is 1. The van der Waals surface area contributed by atoms with Crippen molar-refractivity contribution in [3.63, 3.8) is 0 Å². The predicted molar refractivity (Wildman–Crippen MR) is 102 cm³/mol. The second kappa shape index (κ2) is 7.38. The van der Waals surface area contributed by atoms with Gasteiger partial charge >= 0.3 is 0 Å². The first-order chi connectivity index (χ1) is 11.2. The second-order valence-corrected chi connectivity index (χ2v) is 7.90. The lowest BCUT2D eigenvalue weighted by Crippen LogP contribution is -2.14. The van der Waals surface area contributed by atoms with Crippen LogP contribution >= 0.6 is 34.9 Å². The highest BCUT2D eigenvalue weighted by Crippen LogP contribution is 2.30. The Balaban J connectivity index is 1.69. The van der Waals surface area contributed by atoms with E-state index in [1.807, 2.05) is 55.0 Å². The SMILES string of the molecule is CSc1ccc(CC(=O)Nc2ccc3nc(SC)sc3c2)cc1. The van der Waals surface area contributed by atoms with Crippen molar-refractivity contribution < 1.29 is 4.79 Å². The molecule has 0 atom stereocenters. The number of fused-ring (bicyclic) bond motifs is 1. The molecule has 3 nitrogen and oxygen atoms in total. The number of hydrogen-bond acceptors (Lipinski definition) is 5. The Morgan fingerprint density at radius 2 is 1.91 bits per heavy atom. The highest BCUT2D eigenvalue weighted by molar-refractivity contribution is 8.00. The lowest BCUT2D eigenvalue weighted by Gasteiger charge is -2.06. The standard InChI is InChI=1S/C17H16N2OS3/c1-21-13-6-3-11(4-7-13)9-16(20)18-12-5-8-14-15(10-12)23-17(19-14)22-2/h3-8,10H,9H2,1-2H3,(H,18,20). The van der Waals surface area contributed by atoms with E-state index in [1.54, 1.807) is 34.9 Å². The molecule has 3 aromatic rings. The molecule has 0 bridgehead atoms. The Morgan fingerprint density at radius 1 is 1.13 bits per heavy atom. The van der Waals surface area contributed by atoms with E-state index in [2.05, 4.69) is 10.3 Å². The van der Waals surface area contributed by atoms with Gasteiger partial charge in [0.25, 0.3) is 0 Å². The molecule has 1 amide bonds. The van der Waals surface area contributed by atoms with E-state index in [1.165, 1.54) is 4.90 Å². The van der Waals surface area contributed by atoms with Gasteiger partial charge in [0.05, 0.1) is 16.6 Å². The fraction of sp³-hybridized carbons (Fsp3) is 0.176. The minimum absolute atomic E-state index is 0.00384. The fourth-order valence-electron chi connectivity index (χ4n) is 2.20. The molecule has 6 heteroatoms. The van der Waals surface area contributed by atoms with E-state index in [4.69, 9.17) is 0 Å². The maximum absolute atomic E-state index is 12.2. The molecular formula is C17H16N2OS3. The maximum Gasteiger partial charge on any atom is 0.228 e. The van der Waals surface area contributed by atoms with Gasteiger partial charge in [-0.15, -0.1) is 23.1 Å². The summed E-state index contributed by atoms with van der Waals surface area (Å²) in [6, 6.07) is 13.9. The zero-order valence-corrected chi connectivity index (χ0v) is 15.3. The first kappa shape index (κ1) is 16.4. The Kier molecular flexibility index (Phi) is 5.25. The molecule has 0 aliphatic rings. The molecule has 0 fully saturated rings. The minimum atomic E-state index is -0.00384. The number of amides is 1. The largest absolute Gasteiger partial charge is 0.326 e. The summed E-state index contributed by atoms with van der Waals surface area (Å²) in [5.74, 6) is -0.00384. The minimum Gasteiger partial charge on any atom is -0.326 e. The number of anilines is 1. The number of carbonyl (C=O) groups excluding carboxylic acids is 1. The second-order valence-electron chi connectivity index (χ2n) is 4.94. The van der Waals surface area contributed by atoms with Gasteiger partial charge in [-0.3, -0.25) is 4.79 Å². The van der Waals surface area contributed by atoms with E-state index in [-0.39, 0.29) is 5.91 Å². The van der Waals surface area contributed by atoms with Crippen molar-refractivity contribution in [1.82, 2.24) is 4.98 Å². The van der Waals surface area contributed by atoms with E-state index < -0.39 is 0 Å². The smallest absolute Gasteiger partial charge is 0.228 e. The number of thioether (sulfide) groups is 2. The van der Waals surface area contributed by atoms with Crippen LogP contribution in [0.25, 0.3) is 10.2 Å². The summed E-state index contributed by atoms with van der Waals surface area (Å²) in [5, 5.41) is 2.97. The molecule has 1 heterocycles. The summed E-state index contributed by atoms with van der Waals surface area (Å²) in [7, 11) is 0. The maximum atomic E-state index is 12.2. The zero-order valence-electron chi connectivity index (χ0n) is 12.8. The summed E-state index contributed by atoms with van der Waals surface area (Å²) < 4.78 is 2.13. The van der Waals surface area contributed by atoms with Crippen LogP contribution in [0.4, 0.5) is 5.69 Å².